The second-order valence-electron chi connectivity index (χ2n) is 8.07. The molecule has 5 nitrogen and oxygen atoms in total. The van der Waals surface area contributed by atoms with Crippen molar-refractivity contribution >= 4 is 17.5 Å². The fourth-order valence-corrected chi connectivity index (χ4v) is 4.47. The normalized spacial score (nSPS) is 23.8. The molecule has 0 aromatic heterocycles. The molecule has 1 aromatic rings. The van der Waals surface area contributed by atoms with Crippen LogP contribution >= 0.6 is 0 Å². The smallest absolute Gasteiger partial charge is 0.279 e. The Bertz CT molecular complexity index is 627. The Kier molecular flexibility index (Phi) is 6.30. The highest BCUT2D eigenvalue weighted by Crippen LogP contribution is 2.35. The minimum absolute atomic E-state index is 0.0478. The predicted molar refractivity (Wildman–Crippen MR) is 103 cm³/mol. The summed E-state index contributed by atoms with van der Waals surface area (Å²) in [5.74, 6) is 0.863. The number of rotatable bonds is 5. The summed E-state index contributed by atoms with van der Waals surface area (Å²) >= 11 is 0. The number of fused-ring (bicyclic) bond motifs is 1. The lowest BCUT2D eigenvalue weighted by molar-refractivity contribution is -0.862. The van der Waals surface area contributed by atoms with Gasteiger partial charge in [0.25, 0.3) is 11.8 Å². The Morgan fingerprint density at radius 3 is 2.54 bits per heavy atom. The van der Waals surface area contributed by atoms with E-state index in [0.29, 0.717) is 25.0 Å². The van der Waals surface area contributed by atoms with Crippen molar-refractivity contribution in [3.05, 3.63) is 29.8 Å². The molecule has 26 heavy (non-hydrogen) atoms. The molecule has 2 aliphatic rings. The monoisotopic (exact) mass is 358 g/mol. The average molecular weight is 359 g/mol. The van der Waals surface area contributed by atoms with Gasteiger partial charge < -0.3 is 15.1 Å². The van der Waals surface area contributed by atoms with Gasteiger partial charge >= 0.3 is 0 Å². The van der Waals surface area contributed by atoms with Gasteiger partial charge in [0.2, 0.25) is 0 Å². The molecular weight excluding hydrogens is 326 g/mol. The van der Waals surface area contributed by atoms with E-state index in [1.54, 1.807) is 0 Å². The summed E-state index contributed by atoms with van der Waals surface area (Å²) in [5, 5.41) is 2.91. The summed E-state index contributed by atoms with van der Waals surface area (Å²) < 4.78 is 0. The van der Waals surface area contributed by atoms with E-state index in [9.17, 15) is 9.59 Å². The molecule has 2 amide bonds. The number of piperidine rings is 1. The molecule has 5 heteroatoms. The van der Waals surface area contributed by atoms with E-state index < -0.39 is 0 Å². The van der Waals surface area contributed by atoms with Crippen LogP contribution in [-0.4, -0.2) is 49.4 Å². The lowest BCUT2D eigenvalue weighted by atomic mass is 9.78. The summed E-state index contributed by atoms with van der Waals surface area (Å²) in [6.45, 7) is 3.61. The van der Waals surface area contributed by atoms with Crippen LogP contribution in [0.15, 0.2) is 24.3 Å². The van der Waals surface area contributed by atoms with Gasteiger partial charge in [-0.3, -0.25) is 9.59 Å². The standard InChI is InChI=1S/C21H31N3O2/c1-16-9-11-18(12-10-16)22-20(25)14-23(2)15-21(26)24-13-5-7-17-6-3-4-8-19(17)24/h9-12,17,19H,3-8,13-15H2,1-2H3,(H,22,25)/p+1/t17-,19+/m1/s1. The summed E-state index contributed by atoms with van der Waals surface area (Å²) in [6.07, 6.45) is 7.38. The van der Waals surface area contributed by atoms with Crippen molar-refractivity contribution in [2.45, 2.75) is 51.5 Å². The van der Waals surface area contributed by atoms with Gasteiger partial charge in [0.05, 0.1) is 7.05 Å². The first-order valence-corrected chi connectivity index (χ1v) is 10.00. The Hall–Kier alpha value is -1.88. The van der Waals surface area contributed by atoms with Crippen molar-refractivity contribution in [3.8, 4) is 0 Å². The summed E-state index contributed by atoms with van der Waals surface area (Å²) in [6, 6.07) is 8.22. The predicted octanol–water partition coefficient (Wildman–Crippen LogP) is 1.63. The molecule has 1 aliphatic heterocycles. The van der Waals surface area contributed by atoms with Crippen LogP contribution in [0.1, 0.15) is 44.1 Å². The van der Waals surface area contributed by atoms with Gasteiger partial charge in [-0.1, -0.05) is 30.5 Å². The highest BCUT2D eigenvalue weighted by Gasteiger charge is 2.36. The zero-order chi connectivity index (χ0) is 18.5. The number of carbonyl (C=O) groups excluding carboxylic acids is 2. The minimum Gasteiger partial charge on any atom is -0.335 e. The molecule has 1 aliphatic carbocycles. The average Bonchev–Trinajstić information content (AvgIpc) is 2.63. The first kappa shape index (κ1) is 18.9. The van der Waals surface area contributed by atoms with Crippen LogP contribution in [0.2, 0.25) is 0 Å². The molecule has 1 unspecified atom stereocenters. The number of aryl methyl sites for hydroxylation is 1. The molecule has 0 spiro atoms. The van der Waals surface area contributed by atoms with Crippen LogP contribution in [-0.2, 0) is 9.59 Å². The number of likely N-dealkylation sites (tertiary alicyclic amines) is 1. The molecule has 1 aromatic carbocycles. The molecule has 3 rings (SSSR count). The van der Waals surface area contributed by atoms with Crippen molar-refractivity contribution in [2.75, 3.05) is 32.0 Å². The molecule has 2 N–H and O–H groups in total. The lowest BCUT2D eigenvalue weighted by Crippen LogP contribution is -3.11. The maximum atomic E-state index is 12.8. The van der Waals surface area contributed by atoms with Crippen LogP contribution in [0.4, 0.5) is 5.69 Å². The third-order valence-electron chi connectivity index (χ3n) is 5.81. The van der Waals surface area contributed by atoms with E-state index >= 15 is 0 Å². The largest absolute Gasteiger partial charge is 0.335 e. The van der Waals surface area contributed by atoms with Crippen molar-refractivity contribution in [3.63, 3.8) is 0 Å². The van der Waals surface area contributed by atoms with Crippen LogP contribution in [0.25, 0.3) is 0 Å². The number of nitrogens with one attached hydrogen (secondary N) is 2. The number of amides is 2. The third kappa shape index (κ3) is 4.85. The van der Waals surface area contributed by atoms with Crippen LogP contribution in [0.5, 0.6) is 0 Å². The summed E-state index contributed by atoms with van der Waals surface area (Å²) in [7, 11) is 1.93. The van der Waals surface area contributed by atoms with Crippen LogP contribution in [0.3, 0.4) is 0 Å². The van der Waals surface area contributed by atoms with Crippen molar-refractivity contribution in [1.82, 2.24) is 4.90 Å². The Labute approximate surface area is 156 Å². The Morgan fingerprint density at radius 1 is 1.08 bits per heavy atom. The van der Waals surface area contributed by atoms with Crippen LogP contribution < -0.4 is 10.2 Å². The minimum atomic E-state index is -0.0478. The molecule has 1 saturated heterocycles. The number of likely N-dealkylation sites (N-methyl/N-ethyl adjacent to an activating group) is 1. The first-order chi connectivity index (χ1) is 12.5. The van der Waals surface area contributed by atoms with Crippen molar-refractivity contribution < 1.29 is 14.5 Å². The molecule has 0 bridgehead atoms. The SMILES string of the molecule is Cc1ccc(NC(=O)C[NH+](C)CC(=O)N2CCC[C@H]3CCCC[C@@H]32)cc1. The topological polar surface area (TPSA) is 53.9 Å². The zero-order valence-electron chi connectivity index (χ0n) is 16.1. The fourth-order valence-electron chi connectivity index (χ4n) is 4.47. The van der Waals surface area contributed by atoms with E-state index in [-0.39, 0.29) is 11.8 Å². The highest BCUT2D eigenvalue weighted by atomic mass is 16.2. The number of carbonyl (C=O) groups is 2. The molecule has 2 fully saturated rings. The lowest BCUT2D eigenvalue weighted by Gasteiger charge is -2.44. The number of hydrogen-bond donors (Lipinski definition) is 2. The number of benzene rings is 1. The molecule has 1 heterocycles. The van der Waals surface area contributed by atoms with E-state index in [1.165, 1.54) is 31.2 Å². The van der Waals surface area contributed by atoms with Gasteiger partial charge in [-0.15, -0.1) is 0 Å². The van der Waals surface area contributed by atoms with E-state index in [4.69, 9.17) is 0 Å². The third-order valence-corrected chi connectivity index (χ3v) is 5.81. The van der Waals surface area contributed by atoms with E-state index in [1.807, 2.05) is 38.2 Å². The maximum Gasteiger partial charge on any atom is 0.279 e. The van der Waals surface area contributed by atoms with Gasteiger partial charge in [-0.2, -0.15) is 0 Å². The van der Waals surface area contributed by atoms with Gasteiger partial charge in [-0.25, -0.2) is 0 Å². The van der Waals surface area contributed by atoms with Gasteiger partial charge in [-0.05, 0) is 50.7 Å². The van der Waals surface area contributed by atoms with E-state index in [2.05, 4.69) is 10.2 Å². The fraction of sp³-hybridized carbons (Fsp3) is 0.619. The van der Waals surface area contributed by atoms with Crippen molar-refractivity contribution in [2.24, 2.45) is 5.92 Å². The van der Waals surface area contributed by atoms with E-state index in [0.717, 1.165) is 30.0 Å². The van der Waals surface area contributed by atoms with Gasteiger partial charge in [0.1, 0.15) is 0 Å². The van der Waals surface area contributed by atoms with Crippen LogP contribution in [0, 0.1) is 12.8 Å². The number of nitrogens with zero attached hydrogens (tertiary/aromatic N) is 1. The summed E-state index contributed by atoms with van der Waals surface area (Å²) in [4.78, 5) is 28.1. The highest BCUT2D eigenvalue weighted by molar-refractivity contribution is 5.91. The molecule has 1 saturated carbocycles. The quantitative estimate of drug-likeness (QED) is 0.841. The zero-order valence-corrected chi connectivity index (χ0v) is 16.1. The Balaban J connectivity index is 1.48. The molecule has 0 radical (unpaired) electrons. The summed E-state index contributed by atoms with van der Waals surface area (Å²) in [5.41, 5.74) is 1.97. The Morgan fingerprint density at radius 2 is 1.77 bits per heavy atom. The van der Waals surface area contributed by atoms with Gasteiger partial charge in [0, 0.05) is 18.3 Å². The number of anilines is 1. The second-order valence-corrected chi connectivity index (χ2v) is 8.07. The number of quaternary nitrogens is 1. The second kappa shape index (κ2) is 8.67. The molecule has 3 atom stereocenters. The number of hydrogen-bond acceptors (Lipinski definition) is 2. The van der Waals surface area contributed by atoms with Gasteiger partial charge in [0.15, 0.2) is 13.1 Å². The molecular formula is C21H32N3O2+. The maximum absolute atomic E-state index is 12.8. The molecule has 142 valence electrons. The first-order valence-electron chi connectivity index (χ1n) is 10.00. The van der Waals surface area contributed by atoms with Crippen molar-refractivity contribution in [1.29, 1.82) is 0 Å².